The molecule has 1 aromatic rings. The van der Waals surface area contributed by atoms with Crippen LogP contribution in [0.2, 0.25) is 0 Å². The smallest absolute Gasteiger partial charge is 0.344 e. The van der Waals surface area contributed by atoms with Gasteiger partial charge in [0.1, 0.15) is 0 Å². The lowest BCUT2D eigenvalue weighted by molar-refractivity contribution is -0.456. The van der Waals surface area contributed by atoms with Crippen LogP contribution in [0.1, 0.15) is 43.2 Å². The van der Waals surface area contributed by atoms with E-state index in [2.05, 4.69) is 65.3 Å². The van der Waals surface area contributed by atoms with Crippen molar-refractivity contribution in [2.24, 2.45) is 0 Å². The zero-order chi connectivity index (χ0) is 20.3. The Balaban J connectivity index is 1.36. The van der Waals surface area contributed by atoms with Gasteiger partial charge in [0.05, 0.1) is 6.08 Å². The number of rotatable bonds is 5. The number of allylic oxidation sites excluding steroid dienone is 4. The molecule has 0 radical (unpaired) electrons. The average Bonchev–Trinajstić information content (AvgIpc) is 3.26. The Morgan fingerprint density at radius 1 is 1.03 bits per heavy atom. The van der Waals surface area contributed by atoms with E-state index >= 15 is 0 Å². The Morgan fingerprint density at radius 2 is 1.93 bits per heavy atom. The van der Waals surface area contributed by atoms with Gasteiger partial charge in [-0.1, -0.05) is 42.3 Å². The Hall–Kier alpha value is -2.39. The fraction of sp³-hybridized carbons (Fsp3) is 0.444. The maximum absolute atomic E-state index is 6.19. The van der Waals surface area contributed by atoms with Crippen molar-refractivity contribution in [2.45, 2.75) is 39.0 Å². The highest BCUT2D eigenvalue weighted by molar-refractivity contribution is 6.05. The summed E-state index contributed by atoms with van der Waals surface area (Å²) in [6.07, 6.45) is 15.5. The van der Waals surface area contributed by atoms with Crippen LogP contribution in [0.5, 0.6) is 0 Å². The van der Waals surface area contributed by atoms with Crippen LogP contribution < -0.4 is 0 Å². The molecule has 0 bridgehead atoms. The quantitative estimate of drug-likeness (QED) is 0.520. The molecule has 3 heteroatoms. The van der Waals surface area contributed by atoms with Crippen molar-refractivity contribution >= 4 is 11.4 Å². The number of hydrogen-bond acceptors (Lipinski definition) is 2. The summed E-state index contributed by atoms with van der Waals surface area (Å²) in [5.41, 5.74) is 8.19. The first-order chi connectivity index (χ1) is 14.8. The molecule has 5 rings (SSSR count). The van der Waals surface area contributed by atoms with E-state index in [1.54, 1.807) is 0 Å². The van der Waals surface area contributed by atoms with E-state index in [1.807, 2.05) is 0 Å². The molecule has 3 aliphatic heterocycles. The largest absolute Gasteiger partial charge is 0.367 e. The minimum Gasteiger partial charge on any atom is -0.367 e. The summed E-state index contributed by atoms with van der Waals surface area (Å²) in [7, 11) is 0. The maximum atomic E-state index is 6.19. The van der Waals surface area contributed by atoms with Crippen LogP contribution in [0.15, 0.2) is 65.4 Å². The number of ketones is 1. The summed E-state index contributed by atoms with van der Waals surface area (Å²) in [6, 6.07) is 8.92. The van der Waals surface area contributed by atoms with E-state index in [0.717, 1.165) is 44.9 Å². The van der Waals surface area contributed by atoms with Gasteiger partial charge in [-0.2, -0.15) is 0 Å². The van der Waals surface area contributed by atoms with Gasteiger partial charge in [-0.15, -0.1) is 0 Å². The van der Waals surface area contributed by atoms with Gasteiger partial charge >= 0.3 is 5.78 Å². The molecule has 1 saturated heterocycles. The third-order valence-electron chi connectivity index (χ3n) is 6.72. The molecular weight excluding hydrogens is 368 g/mol. The standard InChI is InChI=1S/C27H33N2O/c1-21-8-5-9-22(18-21)26-20-29-16-6-10-27(29)25-19-23(11-12-24(25)26)30-17-7-15-28-13-3-2-4-14-28/h5,8-12,18-19H,2-4,6-7,13-17,20H2,1H3/q+1. The van der Waals surface area contributed by atoms with Crippen molar-refractivity contribution in [3.8, 4) is 0 Å². The lowest BCUT2D eigenvalue weighted by Crippen LogP contribution is -2.31. The molecule has 1 aromatic carbocycles. The van der Waals surface area contributed by atoms with Crippen molar-refractivity contribution in [1.29, 1.82) is 0 Å². The topological polar surface area (TPSA) is 17.8 Å². The Labute approximate surface area is 180 Å². The second-order valence-electron chi connectivity index (χ2n) is 8.96. The number of hydrogen-bond donors (Lipinski definition) is 0. The minimum atomic E-state index is 0.798. The predicted octanol–water partition coefficient (Wildman–Crippen LogP) is 4.83. The van der Waals surface area contributed by atoms with Crippen LogP contribution in [-0.4, -0.2) is 54.9 Å². The van der Waals surface area contributed by atoms with Gasteiger partial charge in [0, 0.05) is 43.4 Å². The van der Waals surface area contributed by atoms with Gasteiger partial charge in [0.15, 0.2) is 0 Å². The van der Waals surface area contributed by atoms with Gasteiger partial charge in [-0.25, -0.2) is 0 Å². The Morgan fingerprint density at radius 3 is 2.80 bits per heavy atom. The van der Waals surface area contributed by atoms with Crippen molar-refractivity contribution in [1.82, 2.24) is 9.80 Å². The molecule has 30 heavy (non-hydrogen) atoms. The number of likely N-dealkylation sites (tertiary alicyclic amines) is 1. The first-order valence-corrected chi connectivity index (χ1v) is 11.7. The normalized spacial score (nSPS) is 22.8. The fourth-order valence-electron chi connectivity index (χ4n) is 5.16. The van der Waals surface area contributed by atoms with E-state index in [4.69, 9.17) is 4.42 Å². The van der Waals surface area contributed by atoms with Gasteiger partial charge in [-0.3, -0.25) is 4.42 Å². The van der Waals surface area contributed by atoms with Gasteiger partial charge in [0.25, 0.3) is 6.61 Å². The number of carbonyl (C=O) groups excluding carboxylic acids is 1. The molecular formula is C27H33N2O+. The maximum Gasteiger partial charge on any atom is 0.344 e. The molecule has 0 amide bonds. The molecule has 156 valence electrons. The summed E-state index contributed by atoms with van der Waals surface area (Å²) < 4.78 is 6.19. The predicted molar refractivity (Wildman–Crippen MR) is 124 cm³/mol. The lowest BCUT2D eigenvalue weighted by atomic mass is 9.85. The molecule has 0 atom stereocenters. The average molecular weight is 402 g/mol. The molecule has 4 aliphatic rings. The lowest BCUT2D eigenvalue weighted by Gasteiger charge is -2.33. The molecule has 0 N–H and O–H groups in total. The third kappa shape index (κ3) is 4.09. The molecule has 3 heterocycles. The van der Waals surface area contributed by atoms with Crippen LogP contribution in [0, 0.1) is 6.92 Å². The summed E-state index contributed by atoms with van der Waals surface area (Å²) in [5.74, 6) is 1.01. The van der Waals surface area contributed by atoms with Crippen LogP contribution in [-0.2, 0) is 4.42 Å². The number of aryl methyl sites for hydroxylation is 1. The van der Waals surface area contributed by atoms with Crippen LogP contribution >= 0.6 is 0 Å². The summed E-state index contributed by atoms with van der Waals surface area (Å²) in [4.78, 5) is 5.12. The number of nitrogens with zero attached hydrogens (tertiary/aromatic N) is 2. The summed E-state index contributed by atoms with van der Waals surface area (Å²) in [6.45, 7) is 8.78. The number of benzene rings is 1. The molecule has 0 spiro atoms. The highest BCUT2D eigenvalue weighted by atomic mass is 16.4. The molecule has 1 aliphatic carbocycles. The van der Waals surface area contributed by atoms with Crippen LogP contribution in [0.3, 0.4) is 0 Å². The zero-order valence-electron chi connectivity index (χ0n) is 18.2. The van der Waals surface area contributed by atoms with E-state index < -0.39 is 0 Å². The second kappa shape index (κ2) is 8.77. The highest BCUT2D eigenvalue weighted by Crippen LogP contribution is 2.40. The summed E-state index contributed by atoms with van der Waals surface area (Å²) >= 11 is 0. The van der Waals surface area contributed by atoms with E-state index in [9.17, 15) is 0 Å². The number of fused-ring (bicyclic) bond motifs is 3. The Bertz CT molecular complexity index is 957. The molecule has 0 saturated carbocycles. The van der Waals surface area contributed by atoms with Crippen molar-refractivity contribution in [3.05, 3.63) is 76.5 Å². The SMILES string of the molecule is Cc1cccc(C2=C3C=CC(=[O+]CCCN4CCCCC4)C=C3C3=CCCN3C2)c1. The fourth-order valence-corrected chi connectivity index (χ4v) is 5.16. The van der Waals surface area contributed by atoms with Crippen molar-refractivity contribution in [3.63, 3.8) is 0 Å². The van der Waals surface area contributed by atoms with E-state index in [-0.39, 0.29) is 0 Å². The van der Waals surface area contributed by atoms with Crippen LogP contribution in [0.4, 0.5) is 0 Å². The van der Waals surface area contributed by atoms with Crippen molar-refractivity contribution < 1.29 is 4.42 Å². The van der Waals surface area contributed by atoms with Gasteiger partial charge in [-0.05, 0) is 62.1 Å². The second-order valence-corrected chi connectivity index (χ2v) is 8.96. The van der Waals surface area contributed by atoms with Crippen LogP contribution in [0.25, 0.3) is 5.57 Å². The molecule has 1 fully saturated rings. The molecule has 0 unspecified atom stereocenters. The van der Waals surface area contributed by atoms with Crippen molar-refractivity contribution in [2.75, 3.05) is 39.3 Å². The van der Waals surface area contributed by atoms with E-state index in [0.29, 0.717) is 0 Å². The monoisotopic (exact) mass is 401 g/mol. The summed E-state index contributed by atoms with van der Waals surface area (Å²) in [5, 5.41) is 0. The third-order valence-corrected chi connectivity index (χ3v) is 6.72. The number of piperidine rings is 1. The first-order valence-electron chi connectivity index (χ1n) is 11.7. The Kier molecular flexibility index (Phi) is 5.72. The van der Waals surface area contributed by atoms with Gasteiger partial charge in [0.2, 0.25) is 0 Å². The first kappa shape index (κ1) is 19.6. The minimum absolute atomic E-state index is 0.798. The molecule has 0 aromatic heterocycles. The molecule has 3 nitrogen and oxygen atoms in total. The zero-order valence-corrected chi connectivity index (χ0v) is 18.2. The van der Waals surface area contributed by atoms with E-state index in [1.165, 1.54) is 65.9 Å². The highest BCUT2D eigenvalue weighted by Gasteiger charge is 2.32. The van der Waals surface area contributed by atoms with Gasteiger partial charge < -0.3 is 9.80 Å².